The molecule has 5 heteroatoms. The van der Waals surface area contributed by atoms with E-state index in [-0.39, 0.29) is 5.91 Å². The highest BCUT2D eigenvalue weighted by atomic mass is 16.5. The number of carbonyl (C=O) groups excluding carboxylic acids is 1. The van der Waals surface area contributed by atoms with Gasteiger partial charge >= 0.3 is 0 Å². The summed E-state index contributed by atoms with van der Waals surface area (Å²) in [6, 6.07) is 12.0. The summed E-state index contributed by atoms with van der Waals surface area (Å²) in [6.45, 7) is 5.06. The summed E-state index contributed by atoms with van der Waals surface area (Å²) in [4.78, 5) is 14.2. The number of rotatable bonds is 6. The molecule has 0 saturated carbocycles. The van der Waals surface area contributed by atoms with Crippen molar-refractivity contribution in [3.8, 4) is 0 Å². The van der Waals surface area contributed by atoms with E-state index >= 15 is 0 Å². The van der Waals surface area contributed by atoms with Crippen LogP contribution in [0.5, 0.6) is 0 Å². The van der Waals surface area contributed by atoms with Gasteiger partial charge in [0.2, 0.25) is 5.91 Å². The number of hydrogen-bond acceptors (Lipinski definition) is 4. The van der Waals surface area contributed by atoms with Gasteiger partial charge in [-0.15, -0.1) is 0 Å². The number of morpholine rings is 1. The molecule has 1 aromatic carbocycles. The smallest absolute Gasteiger partial charge is 0.244 e. The summed E-state index contributed by atoms with van der Waals surface area (Å²) in [6.07, 6.45) is 4.71. The minimum Gasteiger partial charge on any atom is -0.465 e. The van der Waals surface area contributed by atoms with Crippen molar-refractivity contribution >= 4 is 12.0 Å². The van der Waals surface area contributed by atoms with E-state index in [2.05, 4.69) is 34.5 Å². The average Bonchev–Trinajstić information content (AvgIpc) is 3.14. The van der Waals surface area contributed by atoms with Crippen molar-refractivity contribution in [3.63, 3.8) is 0 Å². The Hall–Kier alpha value is -2.37. The van der Waals surface area contributed by atoms with Crippen molar-refractivity contribution < 1.29 is 13.9 Å². The fourth-order valence-electron chi connectivity index (χ4n) is 2.57. The van der Waals surface area contributed by atoms with Gasteiger partial charge in [-0.05, 0) is 29.3 Å². The second kappa shape index (κ2) is 8.47. The molecular formula is C19H22N2O3. The van der Waals surface area contributed by atoms with Crippen LogP contribution in [0.4, 0.5) is 0 Å². The molecule has 1 saturated heterocycles. The van der Waals surface area contributed by atoms with Crippen molar-refractivity contribution in [3.05, 3.63) is 65.6 Å². The van der Waals surface area contributed by atoms with Crippen molar-refractivity contribution in [1.82, 2.24) is 10.2 Å². The Balaban J connectivity index is 1.44. The minimum atomic E-state index is -0.135. The molecule has 0 bridgehead atoms. The molecule has 24 heavy (non-hydrogen) atoms. The maximum absolute atomic E-state index is 11.8. The van der Waals surface area contributed by atoms with Gasteiger partial charge in [0.1, 0.15) is 5.76 Å². The topological polar surface area (TPSA) is 54.7 Å². The Kier molecular flexibility index (Phi) is 5.82. The normalized spacial score (nSPS) is 15.7. The van der Waals surface area contributed by atoms with Crippen molar-refractivity contribution in [2.24, 2.45) is 0 Å². The monoisotopic (exact) mass is 326 g/mol. The van der Waals surface area contributed by atoms with Crippen molar-refractivity contribution in [2.45, 2.75) is 13.1 Å². The number of carbonyl (C=O) groups is 1. The standard InChI is InChI=1S/C19H22N2O3/c22-19(8-7-18-2-1-11-24-18)20-14-16-3-5-17(6-4-16)15-21-9-12-23-13-10-21/h1-8,11H,9-10,12-15H2,(H,20,22)/b8-7+. The summed E-state index contributed by atoms with van der Waals surface area (Å²) < 4.78 is 10.5. The largest absolute Gasteiger partial charge is 0.465 e. The zero-order valence-corrected chi connectivity index (χ0v) is 13.6. The van der Waals surface area contributed by atoms with Gasteiger partial charge in [0.15, 0.2) is 0 Å². The molecule has 0 spiro atoms. The summed E-state index contributed by atoms with van der Waals surface area (Å²) in [7, 11) is 0. The molecule has 126 valence electrons. The van der Waals surface area contributed by atoms with E-state index in [1.54, 1.807) is 24.5 Å². The van der Waals surface area contributed by atoms with E-state index in [1.807, 2.05) is 0 Å². The summed E-state index contributed by atoms with van der Waals surface area (Å²) in [5.74, 6) is 0.529. The lowest BCUT2D eigenvalue weighted by Gasteiger charge is -2.26. The van der Waals surface area contributed by atoms with Crippen LogP contribution in [0.1, 0.15) is 16.9 Å². The lowest BCUT2D eigenvalue weighted by Crippen LogP contribution is -2.35. The van der Waals surface area contributed by atoms with Crippen LogP contribution in [-0.4, -0.2) is 37.1 Å². The quantitative estimate of drug-likeness (QED) is 0.829. The van der Waals surface area contributed by atoms with Crippen LogP contribution < -0.4 is 5.32 Å². The first-order valence-corrected chi connectivity index (χ1v) is 8.17. The molecular weight excluding hydrogens is 304 g/mol. The van der Waals surface area contributed by atoms with Crippen LogP contribution in [-0.2, 0) is 22.6 Å². The maximum Gasteiger partial charge on any atom is 0.244 e. The van der Waals surface area contributed by atoms with Crippen LogP contribution in [0.15, 0.2) is 53.2 Å². The molecule has 1 fully saturated rings. The van der Waals surface area contributed by atoms with Crippen LogP contribution in [0.25, 0.3) is 6.08 Å². The molecule has 5 nitrogen and oxygen atoms in total. The molecule has 1 aromatic heterocycles. The van der Waals surface area contributed by atoms with Crippen LogP contribution >= 0.6 is 0 Å². The number of benzene rings is 1. The van der Waals surface area contributed by atoms with Gasteiger partial charge in [-0.2, -0.15) is 0 Å². The van der Waals surface area contributed by atoms with Gasteiger partial charge in [-0.25, -0.2) is 0 Å². The summed E-state index contributed by atoms with van der Waals surface area (Å²) in [5, 5.41) is 2.87. The van der Waals surface area contributed by atoms with E-state index in [0.717, 1.165) is 38.4 Å². The predicted octanol–water partition coefficient (Wildman–Crippen LogP) is 2.44. The zero-order chi connectivity index (χ0) is 16.6. The van der Waals surface area contributed by atoms with Crippen LogP contribution in [0, 0.1) is 0 Å². The predicted molar refractivity (Wildman–Crippen MR) is 92.1 cm³/mol. The maximum atomic E-state index is 11.8. The highest BCUT2D eigenvalue weighted by Gasteiger charge is 2.10. The molecule has 1 N–H and O–H groups in total. The number of amides is 1. The zero-order valence-electron chi connectivity index (χ0n) is 13.6. The third kappa shape index (κ3) is 5.08. The first-order valence-electron chi connectivity index (χ1n) is 8.17. The first-order chi connectivity index (χ1) is 11.8. The Morgan fingerprint density at radius 3 is 2.58 bits per heavy atom. The summed E-state index contributed by atoms with van der Waals surface area (Å²) >= 11 is 0. The molecule has 0 aliphatic carbocycles. The van der Waals surface area contributed by atoms with Gasteiger partial charge in [0, 0.05) is 32.3 Å². The highest BCUT2D eigenvalue weighted by molar-refractivity contribution is 5.91. The van der Waals surface area contributed by atoms with E-state index < -0.39 is 0 Å². The van der Waals surface area contributed by atoms with Gasteiger partial charge < -0.3 is 14.5 Å². The lowest BCUT2D eigenvalue weighted by atomic mass is 10.1. The van der Waals surface area contributed by atoms with Crippen LogP contribution in [0.2, 0.25) is 0 Å². The lowest BCUT2D eigenvalue weighted by molar-refractivity contribution is -0.116. The van der Waals surface area contributed by atoms with Crippen LogP contribution in [0.3, 0.4) is 0 Å². The van der Waals surface area contributed by atoms with Gasteiger partial charge in [0.05, 0.1) is 19.5 Å². The fourth-order valence-corrected chi connectivity index (χ4v) is 2.57. The third-order valence-electron chi connectivity index (χ3n) is 3.94. The van der Waals surface area contributed by atoms with E-state index in [1.165, 1.54) is 11.6 Å². The Bertz CT molecular complexity index is 656. The molecule has 0 radical (unpaired) electrons. The van der Waals surface area contributed by atoms with E-state index in [4.69, 9.17) is 9.15 Å². The number of nitrogens with zero attached hydrogens (tertiary/aromatic N) is 1. The fraction of sp³-hybridized carbons (Fsp3) is 0.316. The van der Waals surface area contributed by atoms with E-state index in [0.29, 0.717) is 12.3 Å². The average molecular weight is 326 g/mol. The SMILES string of the molecule is O=C(/C=C/c1ccco1)NCc1ccc(CN2CCOCC2)cc1. The number of hydrogen-bond donors (Lipinski definition) is 1. The Morgan fingerprint density at radius 2 is 1.88 bits per heavy atom. The molecule has 0 atom stereocenters. The first kappa shape index (κ1) is 16.5. The molecule has 1 amide bonds. The summed E-state index contributed by atoms with van der Waals surface area (Å²) in [5.41, 5.74) is 2.37. The molecule has 2 aromatic rings. The molecule has 1 aliphatic heterocycles. The van der Waals surface area contributed by atoms with Crippen molar-refractivity contribution in [2.75, 3.05) is 26.3 Å². The molecule has 0 unspecified atom stereocenters. The number of furan rings is 1. The number of ether oxygens (including phenoxy) is 1. The second-order valence-electron chi connectivity index (χ2n) is 5.77. The molecule has 3 rings (SSSR count). The van der Waals surface area contributed by atoms with E-state index in [9.17, 15) is 4.79 Å². The number of nitrogens with one attached hydrogen (secondary N) is 1. The van der Waals surface area contributed by atoms with Gasteiger partial charge in [0.25, 0.3) is 0 Å². The van der Waals surface area contributed by atoms with Crippen molar-refractivity contribution in [1.29, 1.82) is 0 Å². The third-order valence-corrected chi connectivity index (χ3v) is 3.94. The Labute approximate surface area is 141 Å². The molecule has 1 aliphatic rings. The second-order valence-corrected chi connectivity index (χ2v) is 5.77. The molecule has 2 heterocycles. The minimum absolute atomic E-state index is 0.135. The highest BCUT2D eigenvalue weighted by Crippen LogP contribution is 2.09. The Morgan fingerprint density at radius 1 is 1.12 bits per heavy atom. The van der Waals surface area contributed by atoms with Gasteiger partial charge in [-0.1, -0.05) is 24.3 Å². The van der Waals surface area contributed by atoms with Gasteiger partial charge in [-0.3, -0.25) is 9.69 Å².